The van der Waals surface area contributed by atoms with Crippen molar-refractivity contribution in [1.82, 2.24) is 5.32 Å². The summed E-state index contributed by atoms with van der Waals surface area (Å²) in [5.41, 5.74) is 1.02. The first-order valence-electron chi connectivity index (χ1n) is 7.15. The molecule has 0 aromatic heterocycles. The fourth-order valence-electron chi connectivity index (χ4n) is 2.87. The SMILES string of the molecule is CC(NC(=O)C1CCCCC1C(=O)[O-])c1ccccc1. The smallest absolute Gasteiger partial charge is 0.224 e. The lowest BCUT2D eigenvalue weighted by atomic mass is 9.78. The van der Waals surface area contributed by atoms with Gasteiger partial charge in [-0.3, -0.25) is 4.79 Å². The Balaban J connectivity index is 2.01. The van der Waals surface area contributed by atoms with Crippen LogP contribution in [0.1, 0.15) is 44.2 Å². The van der Waals surface area contributed by atoms with E-state index in [9.17, 15) is 14.7 Å². The minimum atomic E-state index is -1.10. The molecule has 108 valence electrons. The Morgan fingerprint density at radius 1 is 1.15 bits per heavy atom. The molecule has 0 heterocycles. The predicted octanol–water partition coefficient (Wildman–Crippen LogP) is 1.42. The molecule has 4 nitrogen and oxygen atoms in total. The monoisotopic (exact) mass is 274 g/mol. The second-order valence-corrected chi connectivity index (χ2v) is 5.46. The quantitative estimate of drug-likeness (QED) is 0.902. The zero-order valence-corrected chi connectivity index (χ0v) is 11.7. The number of benzene rings is 1. The van der Waals surface area contributed by atoms with E-state index in [1.165, 1.54) is 0 Å². The van der Waals surface area contributed by atoms with Gasteiger partial charge in [-0.05, 0) is 25.3 Å². The summed E-state index contributed by atoms with van der Waals surface area (Å²) in [5.74, 6) is -2.38. The van der Waals surface area contributed by atoms with Crippen molar-refractivity contribution < 1.29 is 14.7 Å². The number of hydrogen-bond donors (Lipinski definition) is 1. The van der Waals surface area contributed by atoms with Crippen molar-refractivity contribution in [2.45, 2.75) is 38.6 Å². The molecule has 0 spiro atoms. The highest BCUT2D eigenvalue weighted by atomic mass is 16.4. The van der Waals surface area contributed by atoms with E-state index in [2.05, 4.69) is 5.32 Å². The van der Waals surface area contributed by atoms with E-state index >= 15 is 0 Å². The largest absolute Gasteiger partial charge is 0.550 e. The summed E-state index contributed by atoms with van der Waals surface area (Å²) < 4.78 is 0. The van der Waals surface area contributed by atoms with E-state index in [0.29, 0.717) is 12.8 Å². The van der Waals surface area contributed by atoms with Gasteiger partial charge in [0.1, 0.15) is 0 Å². The number of nitrogens with one attached hydrogen (secondary N) is 1. The molecular weight excluding hydrogens is 254 g/mol. The summed E-state index contributed by atoms with van der Waals surface area (Å²) >= 11 is 0. The van der Waals surface area contributed by atoms with Crippen LogP contribution >= 0.6 is 0 Å². The van der Waals surface area contributed by atoms with Crippen LogP contribution in [0, 0.1) is 11.8 Å². The van der Waals surface area contributed by atoms with Crippen molar-refractivity contribution in [3.8, 4) is 0 Å². The number of carbonyl (C=O) groups is 2. The molecule has 2 rings (SSSR count). The van der Waals surface area contributed by atoms with Gasteiger partial charge in [0.2, 0.25) is 5.91 Å². The molecule has 1 fully saturated rings. The number of hydrogen-bond acceptors (Lipinski definition) is 3. The van der Waals surface area contributed by atoms with Gasteiger partial charge in [-0.25, -0.2) is 0 Å². The molecular formula is C16H20NO3-. The van der Waals surface area contributed by atoms with Gasteiger partial charge in [-0.15, -0.1) is 0 Å². The van der Waals surface area contributed by atoms with E-state index < -0.39 is 17.8 Å². The molecule has 1 amide bonds. The van der Waals surface area contributed by atoms with E-state index in [-0.39, 0.29) is 11.9 Å². The van der Waals surface area contributed by atoms with Crippen molar-refractivity contribution in [1.29, 1.82) is 0 Å². The van der Waals surface area contributed by atoms with Crippen molar-refractivity contribution in [3.63, 3.8) is 0 Å². The summed E-state index contributed by atoms with van der Waals surface area (Å²) in [5, 5.41) is 14.1. The predicted molar refractivity (Wildman–Crippen MR) is 73.5 cm³/mol. The zero-order valence-electron chi connectivity index (χ0n) is 11.7. The summed E-state index contributed by atoms with van der Waals surface area (Å²) in [7, 11) is 0. The summed E-state index contributed by atoms with van der Waals surface area (Å²) in [6.45, 7) is 1.91. The average Bonchev–Trinajstić information content (AvgIpc) is 2.48. The fourth-order valence-corrected chi connectivity index (χ4v) is 2.87. The number of amides is 1. The first-order chi connectivity index (χ1) is 9.59. The molecule has 0 radical (unpaired) electrons. The van der Waals surface area contributed by atoms with Crippen LogP contribution in [-0.2, 0) is 9.59 Å². The summed E-state index contributed by atoms with van der Waals surface area (Å²) in [4.78, 5) is 23.4. The van der Waals surface area contributed by atoms with Crippen LogP contribution in [0.3, 0.4) is 0 Å². The number of carboxylic acid groups (broad SMARTS) is 1. The van der Waals surface area contributed by atoms with E-state index in [4.69, 9.17) is 0 Å². The Bertz CT molecular complexity index is 472. The van der Waals surface area contributed by atoms with E-state index in [1.807, 2.05) is 37.3 Å². The number of aliphatic carboxylic acids is 1. The number of carboxylic acids is 1. The molecule has 0 aliphatic heterocycles. The van der Waals surface area contributed by atoms with Crippen LogP contribution < -0.4 is 10.4 Å². The van der Waals surface area contributed by atoms with Gasteiger partial charge in [0.15, 0.2) is 0 Å². The Kier molecular flexibility index (Phi) is 4.77. The first-order valence-corrected chi connectivity index (χ1v) is 7.15. The lowest BCUT2D eigenvalue weighted by molar-refractivity contribution is -0.314. The molecule has 4 heteroatoms. The Hall–Kier alpha value is -1.84. The molecule has 3 unspecified atom stereocenters. The van der Waals surface area contributed by atoms with E-state index in [1.54, 1.807) is 0 Å². The average molecular weight is 274 g/mol. The van der Waals surface area contributed by atoms with Crippen LogP contribution in [0.25, 0.3) is 0 Å². The standard InChI is InChI=1S/C16H21NO3/c1-11(12-7-3-2-4-8-12)17-15(18)13-9-5-6-10-14(13)16(19)20/h2-4,7-8,11,13-14H,5-6,9-10H2,1H3,(H,17,18)(H,19,20)/p-1. The van der Waals surface area contributed by atoms with Gasteiger partial charge in [0, 0.05) is 17.8 Å². The summed E-state index contributed by atoms with van der Waals surface area (Å²) in [6.07, 6.45) is 2.93. The Labute approximate surface area is 119 Å². The maximum atomic E-state index is 12.3. The van der Waals surface area contributed by atoms with Gasteiger partial charge in [0.25, 0.3) is 0 Å². The van der Waals surface area contributed by atoms with Crippen LogP contribution in [0.2, 0.25) is 0 Å². The molecule has 20 heavy (non-hydrogen) atoms. The number of rotatable bonds is 4. The fraction of sp³-hybridized carbons (Fsp3) is 0.500. The van der Waals surface area contributed by atoms with Gasteiger partial charge in [0.05, 0.1) is 6.04 Å². The van der Waals surface area contributed by atoms with Gasteiger partial charge in [-0.2, -0.15) is 0 Å². The third-order valence-electron chi connectivity index (χ3n) is 4.06. The molecule has 1 aromatic rings. The van der Waals surface area contributed by atoms with Crippen molar-refractivity contribution in [3.05, 3.63) is 35.9 Å². The molecule has 1 aliphatic carbocycles. The lowest BCUT2D eigenvalue weighted by Gasteiger charge is -2.32. The molecule has 1 saturated carbocycles. The van der Waals surface area contributed by atoms with Crippen LogP contribution in [-0.4, -0.2) is 11.9 Å². The Morgan fingerprint density at radius 3 is 2.35 bits per heavy atom. The minimum Gasteiger partial charge on any atom is -0.550 e. The first kappa shape index (κ1) is 14.6. The molecule has 1 aromatic carbocycles. The highest BCUT2D eigenvalue weighted by Gasteiger charge is 2.32. The van der Waals surface area contributed by atoms with Crippen molar-refractivity contribution >= 4 is 11.9 Å². The molecule has 3 atom stereocenters. The molecule has 0 bridgehead atoms. The maximum Gasteiger partial charge on any atom is 0.224 e. The topological polar surface area (TPSA) is 69.2 Å². The second kappa shape index (κ2) is 6.55. The highest BCUT2D eigenvalue weighted by molar-refractivity contribution is 5.84. The third kappa shape index (κ3) is 3.38. The van der Waals surface area contributed by atoms with Crippen LogP contribution in [0.4, 0.5) is 0 Å². The van der Waals surface area contributed by atoms with Crippen molar-refractivity contribution in [2.24, 2.45) is 11.8 Å². The van der Waals surface area contributed by atoms with Crippen LogP contribution in [0.15, 0.2) is 30.3 Å². The third-order valence-corrected chi connectivity index (χ3v) is 4.06. The molecule has 0 saturated heterocycles. The van der Waals surface area contributed by atoms with E-state index in [0.717, 1.165) is 18.4 Å². The number of carbonyl (C=O) groups excluding carboxylic acids is 2. The normalized spacial score (nSPS) is 23.9. The van der Waals surface area contributed by atoms with Gasteiger partial charge < -0.3 is 15.2 Å². The second-order valence-electron chi connectivity index (χ2n) is 5.46. The lowest BCUT2D eigenvalue weighted by Crippen LogP contribution is -2.45. The van der Waals surface area contributed by atoms with Gasteiger partial charge >= 0.3 is 0 Å². The minimum absolute atomic E-state index is 0.118. The van der Waals surface area contributed by atoms with Crippen LogP contribution in [0.5, 0.6) is 0 Å². The van der Waals surface area contributed by atoms with Crippen molar-refractivity contribution in [2.75, 3.05) is 0 Å². The summed E-state index contributed by atoms with van der Waals surface area (Å²) in [6, 6.07) is 9.54. The molecule has 1 aliphatic rings. The zero-order chi connectivity index (χ0) is 14.5. The highest BCUT2D eigenvalue weighted by Crippen LogP contribution is 2.30. The molecule has 1 N–H and O–H groups in total. The Morgan fingerprint density at radius 2 is 1.75 bits per heavy atom. The van der Waals surface area contributed by atoms with Gasteiger partial charge in [-0.1, -0.05) is 43.2 Å². The maximum absolute atomic E-state index is 12.3.